The van der Waals surface area contributed by atoms with E-state index in [1.807, 2.05) is 31.2 Å². The van der Waals surface area contributed by atoms with Crippen LogP contribution in [0.15, 0.2) is 29.4 Å². The zero-order chi connectivity index (χ0) is 17.7. The van der Waals surface area contributed by atoms with E-state index in [1.165, 1.54) is 63.4 Å². The molecular weight excluding hydrogens is 312 g/mol. The molecule has 1 aliphatic carbocycles. The Bertz CT molecular complexity index is 523. The summed E-state index contributed by atoms with van der Waals surface area (Å²) in [6.45, 7) is 2.02. The first-order valence-electron chi connectivity index (χ1n) is 9.78. The average molecular weight is 344 g/mol. The average Bonchev–Trinajstić information content (AvgIpc) is 2.61. The van der Waals surface area contributed by atoms with Crippen LogP contribution in [0, 0.1) is 6.92 Å². The number of amides is 1. The van der Waals surface area contributed by atoms with Gasteiger partial charge in [-0.2, -0.15) is 5.10 Å². The van der Waals surface area contributed by atoms with Crippen molar-refractivity contribution >= 4 is 11.6 Å². The Morgan fingerprint density at radius 1 is 0.920 bits per heavy atom. The van der Waals surface area contributed by atoms with Gasteiger partial charge >= 0.3 is 0 Å². The third kappa shape index (κ3) is 8.71. The molecule has 1 aromatic carbocycles. The number of carbonyl (C=O) groups excluding carboxylic acids is 1. The van der Waals surface area contributed by atoms with E-state index in [2.05, 4.69) is 10.5 Å². The summed E-state index contributed by atoms with van der Waals surface area (Å²) in [5.41, 5.74) is 4.97. The summed E-state index contributed by atoms with van der Waals surface area (Å²) in [5.74, 6) is 0.513. The maximum absolute atomic E-state index is 12.0. The normalized spacial score (nSPS) is 17.1. The quantitative estimate of drug-likeness (QED) is 0.768. The minimum absolute atomic E-state index is 0.000158. The molecule has 0 heterocycles. The first kappa shape index (κ1) is 19.5. The van der Waals surface area contributed by atoms with Gasteiger partial charge in [0, 0.05) is 5.71 Å². The summed E-state index contributed by atoms with van der Waals surface area (Å²) >= 11 is 0. The Morgan fingerprint density at radius 2 is 1.44 bits per heavy atom. The van der Waals surface area contributed by atoms with Crippen LogP contribution in [-0.4, -0.2) is 18.2 Å². The fourth-order valence-corrected chi connectivity index (χ4v) is 3.09. The molecule has 1 aromatic rings. The first-order chi connectivity index (χ1) is 12.2. The molecule has 1 N–H and O–H groups in total. The highest BCUT2D eigenvalue weighted by molar-refractivity contribution is 5.86. The molecule has 4 nitrogen and oxygen atoms in total. The number of hydrazone groups is 1. The highest BCUT2D eigenvalue weighted by Crippen LogP contribution is 2.15. The van der Waals surface area contributed by atoms with Crippen LogP contribution in [0.1, 0.15) is 76.2 Å². The van der Waals surface area contributed by atoms with Crippen LogP contribution in [0.4, 0.5) is 0 Å². The molecule has 1 fully saturated rings. The van der Waals surface area contributed by atoms with Crippen LogP contribution in [0.5, 0.6) is 5.75 Å². The number of hydrogen-bond acceptors (Lipinski definition) is 3. The number of rotatable bonds is 4. The van der Waals surface area contributed by atoms with Gasteiger partial charge in [0.1, 0.15) is 5.75 Å². The van der Waals surface area contributed by atoms with Gasteiger partial charge in [0.2, 0.25) is 0 Å². The van der Waals surface area contributed by atoms with E-state index < -0.39 is 0 Å². The zero-order valence-corrected chi connectivity index (χ0v) is 15.6. The third-order valence-corrected chi connectivity index (χ3v) is 4.66. The van der Waals surface area contributed by atoms with E-state index in [9.17, 15) is 4.79 Å². The smallest absolute Gasteiger partial charge is 0.277 e. The predicted octanol–water partition coefficient (Wildman–Crippen LogP) is 5.15. The van der Waals surface area contributed by atoms with Gasteiger partial charge in [-0.1, -0.05) is 62.6 Å². The lowest BCUT2D eigenvalue weighted by molar-refractivity contribution is -0.123. The van der Waals surface area contributed by atoms with Gasteiger partial charge in [0.25, 0.3) is 5.91 Å². The molecule has 0 spiro atoms. The minimum Gasteiger partial charge on any atom is -0.484 e. The van der Waals surface area contributed by atoms with Crippen molar-refractivity contribution < 1.29 is 9.53 Å². The number of nitrogens with zero attached hydrogens (tertiary/aromatic N) is 1. The molecule has 0 saturated heterocycles. The lowest BCUT2D eigenvalue weighted by atomic mass is 10.00. The summed E-state index contributed by atoms with van der Waals surface area (Å²) < 4.78 is 5.49. The number of aryl methyl sites for hydroxylation is 1. The Balaban J connectivity index is 1.75. The van der Waals surface area contributed by atoms with Crippen LogP contribution >= 0.6 is 0 Å². The maximum atomic E-state index is 12.0. The van der Waals surface area contributed by atoms with Gasteiger partial charge in [0.15, 0.2) is 6.61 Å². The van der Waals surface area contributed by atoms with Crippen molar-refractivity contribution in [3.8, 4) is 5.75 Å². The Labute approximate surface area is 152 Å². The monoisotopic (exact) mass is 344 g/mol. The van der Waals surface area contributed by atoms with Gasteiger partial charge in [-0.3, -0.25) is 4.79 Å². The fraction of sp³-hybridized carbons (Fsp3) is 0.619. The molecule has 0 unspecified atom stereocenters. The SMILES string of the molecule is Cc1ccc(OCC(=O)NN=C2CCCCCCCCCCC2)cc1. The molecule has 138 valence electrons. The van der Waals surface area contributed by atoms with Gasteiger partial charge in [0.05, 0.1) is 0 Å². The topological polar surface area (TPSA) is 50.7 Å². The largest absolute Gasteiger partial charge is 0.484 e. The summed E-state index contributed by atoms with van der Waals surface area (Å²) in [5, 5.41) is 4.37. The first-order valence-corrected chi connectivity index (χ1v) is 9.78. The van der Waals surface area contributed by atoms with Crippen LogP contribution in [0.3, 0.4) is 0 Å². The van der Waals surface area contributed by atoms with E-state index in [0.29, 0.717) is 5.75 Å². The van der Waals surface area contributed by atoms with Crippen molar-refractivity contribution in [2.45, 2.75) is 77.6 Å². The maximum Gasteiger partial charge on any atom is 0.277 e. The fourth-order valence-electron chi connectivity index (χ4n) is 3.09. The van der Waals surface area contributed by atoms with Gasteiger partial charge in [-0.15, -0.1) is 0 Å². The minimum atomic E-state index is -0.195. The molecular formula is C21H32N2O2. The number of benzene rings is 1. The van der Waals surface area contributed by atoms with Crippen molar-refractivity contribution in [1.29, 1.82) is 0 Å². The Morgan fingerprint density at radius 3 is 2.00 bits per heavy atom. The van der Waals surface area contributed by atoms with Crippen LogP contribution in [0.25, 0.3) is 0 Å². The van der Waals surface area contributed by atoms with Crippen LogP contribution in [-0.2, 0) is 4.79 Å². The lowest BCUT2D eigenvalue weighted by Gasteiger charge is -2.10. The van der Waals surface area contributed by atoms with Gasteiger partial charge in [-0.25, -0.2) is 5.43 Å². The molecule has 0 bridgehead atoms. The molecule has 0 aromatic heterocycles. The highest BCUT2D eigenvalue weighted by Gasteiger charge is 2.06. The standard InChI is InChI=1S/C21H32N2O2/c1-18-13-15-20(16-14-18)25-17-21(24)23-22-19-11-9-7-5-3-2-4-6-8-10-12-19/h13-16H,2-12,17H2,1H3,(H,23,24). The molecule has 0 atom stereocenters. The second-order valence-corrected chi connectivity index (χ2v) is 7.00. The van der Waals surface area contributed by atoms with Crippen molar-refractivity contribution in [2.24, 2.45) is 5.10 Å². The molecule has 1 saturated carbocycles. The molecule has 0 radical (unpaired) electrons. The molecule has 1 amide bonds. The molecule has 0 aliphatic heterocycles. The van der Waals surface area contributed by atoms with Crippen molar-refractivity contribution in [2.75, 3.05) is 6.61 Å². The second kappa shape index (κ2) is 11.7. The van der Waals surface area contributed by atoms with E-state index in [4.69, 9.17) is 4.74 Å². The number of hydrogen-bond donors (Lipinski definition) is 1. The molecule has 4 heteroatoms. The number of ether oxygens (including phenoxy) is 1. The van der Waals surface area contributed by atoms with Crippen molar-refractivity contribution in [1.82, 2.24) is 5.43 Å². The summed E-state index contributed by atoms with van der Waals surface area (Å²) in [6, 6.07) is 7.69. The van der Waals surface area contributed by atoms with Crippen LogP contribution < -0.4 is 10.2 Å². The zero-order valence-electron chi connectivity index (χ0n) is 15.6. The van der Waals surface area contributed by atoms with Crippen molar-refractivity contribution in [3.63, 3.8) is 0 Å². The summed E-state index contributed by atoms with van der Waals surface area (Å²) in [4.78, 5) is 12.0. The summed E-state index contributed by atoms with van der Waals surface area (Å²) in [7, 11) is 0. The Kier molecular flexibility index (Phi) is 9.09. The van der Waals surface area contributed by atoms with Crippen molar-refractivity contribution in [3.05, 3.63) is 29.8 Å². The van der Waals surface area contributed by atoms with Gasteiger partial charge < -0.3 is 4.74 Å². The summed E-state index contributed by atoms with van der Waals surface area (Å²) in [6.07, 6.45) is 13.6. The Hall–Kier alpha value is -1.84. The van der Waals surface area contributed by atoms with E-state index in [0.717, 1.165) is 18.6 Å². The number of carbonyl (C=O) groups is 1. The number of nitrogens with one attached hydrogen (secondary N) is 1. The second-order valence-electron chi connectivity index (χ2n) is 7.00. The molecule has 2 rings (SSSR count). The highest BCUT2D eigenvalue weighted by atomic mass is 16.5. The third-order valence-electron chi connectivity index (χ3n) is 4.66. The van der Waals surface area contributed by atoms with E-state index >= 15 is 0 Å². The van der Waals surface area contributed by atoms with Gasteiger partial charge in [-0.05, 0) is 44.7 Å². The van der Waals surface area contributed by atoms with Crippen LogP contribution in [0.2, 0.25) is 0 Å². The predicted molar refractivity (Wildman–Crippen MR) is 103 cm³/mol. The lowest BCUT2D eigenvalue weighted by Crippen LogP contribution is -2.26. The molecule has 25 heavy (non-hydrogen) atoms. The van der Waals surface area contributed by atoms with E-state index in [-0.39, 0.29) is 12.5 Å². The molecule has 1 aliphatic rings. The van der Waals surface area contributed by atoms with E-state index in [1.54, 1.807) is 0 Å².